The van der Waals surface area contributed by atoms with Crippen LogP contribution in [0, 0.1) is 6.92 Å². The van der Waals surface area contributed by atoms with Crippen LogP contribution < -0.4 is 14.8 Å². The summed E-state index contributed by atoms with van der Waals surface area (Å²) in [4.78, 5) is 4.81. The fraction of sp³-hybridized carbons (Fsp3) is 0.0952. The largest absolute Gasteiger partial charge is 0.454 e. The van der Waals surface area contributed by atoms with E-state index in [0.29, 0.717) is 5.02 Å². The molecule has 0 atom stereocenters. The summed E-state index contributed by atoms with van der Waals surface area (Å²) in [6.45, 7) is 2.32. The zero-order valence-electron chi connectivity index (χ0n) is 14.6. The van der Waals surface area contributed by atoms with E-state index in [1.54, 1.807) is 0 Å². The number of halogens is 1. The van der Waals surface area contributed by atoms with Crippen LogP contribution in [0.1, 0.15) is 5.56 Å². The Morgan fingerprint density at radius 3 is 2.67 bits per heavy atom. The molecular weight excluding hydrogens is 362 g/mol. The zero-order valence-corrected chi connectivity index (χ0v) is 15.3. The van der Waals surface area contributed by atoms with Gasteiger partial charge in [0.1, 0.15) is 17.2 Å². The number of pyridine rings is 1. The Morgan fingerprint density at radius 2 is 1.81 bits per heavy atom. The molecule has 5 rings (SSSR count). The molecular formula is C21H16ClN3O2. The molecule has 27 heavy (non-hydrogen) atoms. The van der Waals surface area contributed by atoms with E-state index in [1.807, 2.05) is 40.9 Å². The van der Waals surface area contributed by atoms with Crippen LogP contribution in [-0.2, 0) is 0 Å². The second-order valence-electron chi connectivity index (χ2n) is 6.44. The molecule has 5 nitrogen and oxygen atoms in total. The molecule has 0 unspecified atom stereocenters. The van der Waals surface area contributed by atoms with Crippen molar-refractivity contribution in [3.05, 3.63) is 71.4 Å². The van der Waals surface area contributed by atoms with Crippen molar-refractivity contribution < 1.29 is 9.47 Å². The average molecular weight is 378 g/mol. The van der Waals surface area contributed by atoms with E-state index in [-0.39, 0.29) is 6.79 Å². The first-order valence-corrected chi connectivity index (χ1v) is 8.96. The Hall–Kier alpha value is -3.18. The number of hydrogen-bond acceptors (Lipinski definition) is 4. The summed E-state index contributed by atoms with van der Waals surface area (Å²) in [6.07, 6.45) is 1.86. The molecule has 1 aliphatic rings. The lowest BCUT2D eigenvalue weighted by Gasteiger charge is -2.10. The first kappa shape index (κ1) is 16.0. The molecule has 3 heterocycles. The third-order valence-corrected chi connectivity index (χ3v) is 4.77. The number of aryl methyl sites for hydroxylation is 1. The second kappa shape index (κ2) is 6.21. The number of rotatable bonds is 3. The smallest absolute Gasteiger partial charge is 0.231 e. The fourth-order valence-electron chi connectivity index (χ4n) is 3.16. The second-order valence-corrected chi connectivity index (χ2v) is 6.88. The molecule has 2 aromatic carbocycles. The maximum atomic E-state index is 6.23. The van der Waals surface area contributed by atoms with Crippen LogP contribution in [0.5, 0.6) is 11.5 Å². The first-order chi connectivity index (χ1) is 13.2. The van der Waals surface area contributed by atoms with Crippen LogP contribution in [0.3, 0.4) is 0 Å². The zero-order chi connectivity index (χ0) is 18.4. The lowest BCUT2D eigenvalue weighted by atomic mass is 10.1. The molecule has 0 bridgehead atoms. The maximum absolute atomic E-state index is 6.23. The van der Waals surface area contributed by atoms with Gasteiger partial charge in [-0.15, -0.1) is 0 Å². The van der Waals surface area contributed by atoms with Crippen molar-refractivity contribution >= 4 is 28.8 Å². The Bertz CT molecular complexity index is 1150. The van der Waals surface area contributed by atoms with Crippen LogP contribution >= 0.6 is 11.6 Å². The van der Waals surface area contributed by atoms with Gasteiger partial charge in [0, 0.05) is 23.5 Å². The summed E-state index contributed by atoms with van der Waals surface area (Å²) in [5, 5.41) is 4.11. The number of hydrogen-bond donors (Lipinski definition) is 1. The van der Waals surface area contributed by atoms with E-state index in [2.05, 4.69) is 36.5 Å². The van der Waals surface area contributed by atoms with Crippen molar-refractivity contribution in [1.82, 2.24) is 9.38 Å². The van der Waals surface area contributed by atoms with Crippen molar-refractivity contribution in [1.29, 1.82) is 0 Å². The minimum absolute atomic E-state index is 0.249. The third kappa shape index (κ3) is 2.86. The minimum Gasteiger partial charge on any atom is -0.454 e. The van der Waals surface area contributed by atoms with Crippen molar-refractivity contribution in [3.63, 3.8) is 0 Å². The SMILES string of the molecule is Cc1ccc(-c2nc3ccc(Cl)cn3c2Nc2ccc3c(c2)OCO3)cc1. The molecule has 0 spiro atoms. The molecule has 1 N–H and O–H groups in total. The monoisotopic (exact) mass is 377 g/mol. The molecule has 1 aliphatic heterocycles. The highest BCUT2D eigenvalue weighted by Gasteiger charge is 2.17. The van der Waals surface area contributed by atoms with Gasteiger partial charge in [-0.1, -0.05) is 41.4 Å². The van der Waals surface area contributed by atoms with Crippen LogP contribution in [0.15, 0.2) is 60.8 Å². The molecule has 134 valence electrons. The van der Waals surface area contributed by atoms with Gasteiger partial charge in [0.2, 0.25) is 6.79 Å². The highest BCUT2D eigenvalue weighted by atomic mass is 35.5. The van der Waals surface area contributed by atoms with Gasteiger partial charge < -0.3 is 14.8 Å². The first-order valence-electron chi connectivity index (χ1n) is 8.59. The topological polar surface area (TPSA) is 47.8 Å². The van der Waals surface area contributed by atoms with Gasteiger partial charge in [-0.05, 0) is 31.2 Å². The van der Waals surface area contributed by atoms with Gasteiger partial charge in [0.05, 0.1) is 5.02 Å². The van der Waals surface area contributed by atoms with Crippen LogP contribution in [0.4, 0.5) is 11.5 Å². The predicted octanol–water partition coefficient (Wildman–Crippen LogP) is 5.44. The van der Waals surface area contributed by atoms with Gasteiger partial charge in [0.25, 0.3) is 0 Å². The highest BCUT2D eigenvalue weighted by Crippen LogP contribution is 2.37. The van der Waals surface area contributed by atoms with Crippen LogP contribution in [-0.4, -0.2) is 16.2 Å². The van der Waals surface area contributed by atoms with E-state index >= 15 is 0 Å². The number of nitrogens with zero attached hydrogens (tertiary/aromatic N) is 2. The number of imidazole rings is 1. The molecule has 4 aromatic rings. The minimum atomic E-state index is 0.249. The number of nitrogens with one attached hydrogen (secondary N) is 1. The Balaban J connectivity index is 1.65. The van der Waals surface area contributed by atoms with E-state index in [1.165, 1.54) is 5.56 Å². The summed E-state index contributed by atoms with van der Waals surface area (Å²) in [7, 11) is 0. The van der Waals surface area contributed by atoms with Gasteiger partial charge in [-0.2, -0.15) is 0 Å². The lowest BCUT2D eigenvalue weighted by molar-refractivity contribution is 0.174. The quantitative estimate of drug-likeness (QED) is 0.516. The van der Waals surface area contributed by atoms with Crippen molar-refractivity contribution in [3.8, 4) is 22.8 Å². The molecule has 6 heteroatoms. The molecule has 2 aromatic heterocycles. The summed E-state index contributed by atoms with van der Waals surface area (Å²) >= 11 is 6.23. The number of anilines is 2. The number of ether oxygens (including phenoxy) is 2. The Morgan fingerprint density at radius 1 is 1.00 bits per heavy atom. The van der Waals surface area contributed by atoms with Gasteiger partial charge in [-0.25, -0.2) is 4.98 Å². The Kier molecular flexibility index (Phi) is 3.69. The van der Waals surface area contributed by atoms with Crippen LogP contribution in [0.25, 0.3) is 16.9 Å². The van der Waals surface area contributed by atoms with E-state index in [0.717, 1.165) is 39.9 Å². The lowest BCUT2D eigenvalue weighted by Crippen LogP contribution is -1.97. The molecule has 0 saturated heterocycles. The van der Waals surface area contributed by atoms with Crippen molar-refractivity contribution in [2.75, 3.05) is 12.1 Å². The van der Waals surface area contributed by atoms with E-state index in [4.69, 9.17) is 26.1 Å². The molecule has 0 amide bonds. The molecule has 0 aliphatic carbocycles. The van der Waals surface area contributed by atoms with Crippen molar-refractivity contribution in [2.24, 2.45) is 0 Å². The summed E-state index contributed by atoms with van der Waals surface area (Å²) < 4.78 is 12.8. The molecule has 0 fully saturated rings. The maximum Gasteiger partial charge on any atom is 0.231 e. The molecule has 0 radical (unpaired) electrons. The van der Waals surface area contributed by atoms with Crippen molar-refractivity contribution in [2.45, 2.75) is 6.92 Å². The number of aromatic nitrogens is 2. The number of fused-ring (bicyclic) bond motifs is 2. The van der Waals surface area contributed by atoms with Crippen LogP contribution in [0.2, 0.25) is 5.02 Å². The summed E-state index contributed by atoms with van der Waals surface area (Å²) in [5.41, 5.74) is 4.79. The summed E-state index contributed by atoms with van der Waals surface area (Å²) in [5.74, 6) is 2.32. The van der Waals surface area contributed by atoms with Gasteiger partial charge >= 0.3 is 0 Å². The van der Waals surface area contributed by atoms with Gasteiger partial charge in [0.15, 0.2) is 11.5 Å². The summed E-state index contributed by atoms with van der Waals surface area (Å²) in [6, 6.07) is 17.8. The molecule has 0 saturated carbocycles. The third-order valence-electron chi connectivity index (χ3n) is 4.54. The Labute approximate surface area is 161 Å². The van der Waals surface area contributed by atoms with E-state index < -0.39 is 0 Å². The normalized spacial score (nSPS) is 12.5. The average Bonchev–Trinajstić information content (AvgIpc) is 3.27. The van der Waals surface area contributed by atoms with E-state index in [9.17, 15) is 0 Å². The van der Waals surface area contributed by atoms with Gasteiger partial charge in [-0.3, -0.25) is 4.40 Å². The predicted molar refractivity (Wildman–Crippen MR) is 106 cm³/mol. The highest BCUT2D eigenvalue weighted by molar-refractivity contribution is 6.30. The number of benzene rings is 2. The standard InChI is InChI=1S/C21H16ClN3O2/c1-13-2-4-14(5-3-13)20-21(25-11-15(22)6-9-19(25)24-20)23-16-7-8-17-18(10-16)27-12-26-17/h2-11,23H,12H2,1H3. The fourth-order valence-corrected chi connectivity index (χ4v) is 3.32.